The van der Waals surface area contributed by atoms with Crippen molar-refractivity contribution >= 4 is 28.6 Å². The molecule has 0 spiro atoms. The third-order valence-electron chi connectivity index (χ3n) is 3.49. The Morgan fingerprint density at radius 3 is 2.94 bits per heavy atom. The van der Waals surface area contributed by atoms with E-state index in [0.717, 1.165) is 17.1 Å². The van der Waals surface area contributed by atoms with Crippen LogP contribution in [0.1, 0.15) is 24.0 Å². The van der Waals surface area contributed by atoms with E-state index in [1.54, 1.807) is 6.07 Å². The van der Waals surface area contributed by atoms with E-state index in [2.05, 4.69) is 37.3 Å². The lowest BCUT2D eigenvalue weighted by Gasteiger charge is -2.21. The smallest absolute Gasteiger partial charge is 0.123 e. The van der Waals surface area contributed by atoms with Crippen LogP contribution in [0.25, 0.3) is 16.8 Å². The Bertz CT molecular complexity index is 616. The highest BCUT2D eigenvalue weighted by Crippen LogP contribution is 2.39. The van der Waals surface area contributed by atoms with Crippen LogP contribution in [-0.2, 0) is 0 Å². The average molecular weight is 256 g/mol. The molecule has 0 aromatic heterocycles. The highest BCUT2D eigenvalue weighted by Gasteiger charge is 2.18. The highest BCUT2D eigenvalue weighted by molar-refractivity contribution is 7.99. The first kappa shape index (κ1) is 11.7. The molecule has 0 bridgehead atoms. The first-order chi connectivity index (χ1) is 8.81. The quantitative estimate of drug-likeness (QED) is 0.877. The third-order valence-corrected chi connectivity index (χ3v) is 4.49. The number of thioether (sulfide) groups is 1. The van der Waals surface area contributed by atoms with Gasteiger partial charge in [0.1, 0.15) is 5.75 Å². The summed E-state index contributed by atoms with van der Waals surface area (Å²) in [6.07, 6.45) is 4.30. The van der Waals surface area contributed by atoms with Gasteiger partial charge in [-0.15, -0.1) is 0 Å². The van der Waals surface area contributed by atoms with E-state index in [4.69, 9.17) is 0 Å². The minimum absolute atomic E-state index is 0.382. The predicted octanol–water partition coefficient (Wildman–Crippen LogP) is 4.41. The van der Waals surface area contributed by atoms with Gasteiger partial charge in [-0.05, 0) is 28.2 Å². The zero-order chi connectivity index (χ0) is 12.5. The molecular formula is C16H16OS. The summed E-state index contributed by atoms with van der Waals surface area (Å²) in [5.41, 5.74) is 2.32. The standard InChI is InChI=1S/C16H16OS/c1-2-18-10-12-6-8-14-15(17)9-7-11-4-3-5-13(12)16(11)14/h3-9,12,17H,2,10H2,1H3. The minimum Gasteiger partial charge on any atom is -0.507 e. The lowest BCUT2D eigenvalue weighted by Crippen LogP contribution is -2.04. The summed E-state index contributed by atoms with van der Waals surface area (Å²) in [5, 5.41) is 12.4. The van der Waals surface area contributed by atoms with E-state index < -0.39 is 0 Å². The van der Waals surface area contributed by atoms with Gasteiger partial charge in [-0.3, -0.25) is 0 Å². The average Bonchev–Trinajstić information content (AvgIpc) is 2.41. The summed E-state index contributed by atoms with van der Waals surface area (Å²) >= 11 is 1.96. The molecule has 1 atom stereocenters. The predicted molar refractivity (Wildman–Crippen MR) is 80.4 cm³/mol. The summed E-state index contributed by atoms with van der Waals surface area (Å²) in [6, 6.07) is 10.2. The van der Waals surface area contributed by atoms with Crippen LogP contribution in [0.2, 0.25) is 0 Å². The Kier molecular flexibility index (Phi) is 3.04. The van der Waals surface area contributed by atoms with Gasteiger partial charge in [0.2, 0.25) is 0 Å². The van der Waals surface area contributed by atoms with Crippen molar-refractivity contribution < 1.29 is 5.11 Å². The van der Waals surface area contributed by atoms with Crippen molar-refractivity contribution in [2.75, 3.05) is 11.5 Å². The molecule has 3 rings (SSSR count). The molecule has 0 aliphatic heterocycles. The number of hydrogen-bond donors (Lipinski definition) is 1. The van der Waals surface area contributed by atoms with Crippen molar-refractivity contribution in [3.8, 4) is 5.75 Å². The second-order valence-corrected chi connectivity index (χ2v) is 5.89. The SMILES string of the molecule is CCSCC1C=Cc2c(O)ccc3cccc1c23. The van der Waals surface area contributed by atoms with E-state index in [9.17, 15) is 5.11 Å². The fraction of sp³-hybridized carbons (Fsp3) is 0.250. The third kappa shape index (κ3) is 1.81. The molecule has 0 heterocycles. The number of hydrogen-bond acceptors (Lipinski definition) is 2. The number of aromatic hydroxyl groups is 1. The highest BCUT2D eigenvalue weighted by atomic mass is 32.2. The number of benzene rings is 2. The summed E-state index contributed by atoms with van der Waals surface area (Å²) in [4.78, 5) is 0. The van der Waals surface area contributed by atoms with Gasteiger partial charge < -0.3 is 5.11 Å². The Morgan fingerprint density at radius 2 is 2.11 bits per heavy atom. The molecule has 1 aliphatic carbocycles. The molecule has 2 heteroatoms. The van der Waals surface area contributed by atoms with Gasteiger partial charge >= 0.3 is 0 Å². The maximum absolute atomic E-state index is 9.97. The molecule has 0 saturated heterocycles. The molecule has 0 radical (unpaired) electrons. The van der Waals surface area contributed by atoms with E-state index in [-0.39, 0.29) is 0 Å². The Morgan fingerprint density at radius 1 is 1.22 bits per heavy atom. The molecule has 2 aromatic carbocycles. The summed E-state index contributed by atoms with van der Waals surface area (Å²) in [6.45, 7) is 2.19. The fourth-order valence-corrected chi connectivity index (χ4v) is 3.39. The summed E-state index contributed by atoms with van der Waals surface area (Å²) in [5.74, 6) is 3.11. The van der Waals surface area contributed by atoms with E-state index >= 15 is 0 Å². The normalized spacial score (nSPS) is 17.3. The zero-order valence-electron chi connectivity index (χ0n) is 10.4. The van der Waals surface area contributed by atoms with Gasteiger partial charge in [0.25, 0.3) is 0 Å². The van der Waals surface area contributed by atoms with Crippen molar-refractivity contribution in [1.82, 2.24) is 0 Å². The van der Waals surface area contributed by atoms with Crippen LogP contribution in [0.5, 0.6) is 5.75 Å². The maximum atomic E-state index is 9.97. The van der Waals surface area contributed by atoms with E-state index in [1.165, 1.54) is 16.3 Å². The molecular weight excluding hydrogens is 240 g/mol. The Labute approximate surface area is 112 Å². The second kappa shape index (κ2) is 4.69. The Hall–Kier alpha value is -1.41. The molecule has 1 aliphatic rings. The first-order valence-corrected chi connectivity index (χ1v) is 7.47. The van der Waals surface area contributed by atoms with Gasteiger partial charge in [-0.2, -0.15) is 11.8 Å². The largest absolute Gasteiger partial charge is 0.507 e. The molecule has 1 unspecified atom stereocenters. The number of rotatable bonds is 3. The summed E-state index contributed by atoms with van der Waals surface area (Å²) in [7, 11) is 0. The van der Waals surface area contributed by atoms with Crippen molar-refractivity contribution in [1.29, 1.82) is 0 Å². The second-order valence-electron chi connectivity index (χ2n) is 4.57. The van der Waals surface area contributed by atoms with Gasteiger partial charge in [-0.1, -0.05) is 43.3 Å². The minimum atomic E-state index is 0.382. The summed E-state index contributed by atoms with van der Waals surface area (Å²) < 4.78 is 0. The van der Waals surface area contributed by atoms with Gasteiger partial charge in [0.05, 0.1) is 0 Å². The Balaban J connectivity index is 2.18. The molecule has 18 heavy (non-hydrogen) atoms. The van der Waals surface area contributed by atoms with Gasteiger partial charge in [0, 0.05) is 17.2 Å². The van der Waals surface area contributed by atoms with Gasteiger partial charge in [-0.25, -0.2) is 0 Å². The molecule has 0 saturated carbocycles. The molecule has 92 valence electrons. The fourth-order valence-electron chi connectivity index (χ4n) is 2.61. The van der Waals surface area contributed by atoms with Crippen molar-refractivity contribution in [3.63, 3.8) is 0 Å². The van der Waals surface area contributed by atoms with Crippen molar-refractivity contribution in [2.45, 2.75) is 12.8 Å². The van der Waals surface area contributed by atoms with Crippen molar-refractivity contribution in [2.24, 2.45) is 0 Å². The van der Waals surface area contributed by atoms with Gasteiger partial charge in [0.15, 0.2) is 0 Å². The van der Waals surface area contributed by atoms with Crippen LogP contribution in [0, 0.1) is 0 Å². The first-order valence-electron chi connectivity index (χ1n) is 6.32. The molecule has 1 N–H and O–H groups in total. The number of phenols is 1. The molecule has 0 amide bonds. The van der Waals surface area contributed by atoms with E-state index in [1.807, 2.05) is 17.8 Å². The van der Waals surface area contributed by atoms with Crippen LogP contribution in [0.3, 0.4) is 0 Å². The lowest BCUT2D eigenvalue weighted by molar-refractivity contribution is 0.475. The topological polar surface area (TPSA) is 20.2 Å². The molecule has 1 nitrogen and oxygen atoms in total. The monoisotopic (exact) mass is 256 g/mol. The number of allylic oxidation sites excluding steroid dienone is 1. The van der Waals surface area contributed by atoms with Crippen LogP contribution < -0.4 is 0 Å². The van der Waals surface area contributed by atoms with Crippen molar-refractivity contribution in [3.05, 3.63) is 47.5 Å². The van der Waals surface area contributed by atoms with Crippen LogP contribution in [-0.4, -0.2) is 16.6 Å². The number of phenolic OH excluding ortho intramolecular Hbond substituents is 1. The lowest BCUT2D eigenvalue weighted by atomic mass is 9.86. The molecule has 0 fully saturated rings. The van der Waals surface area contributed by atoms with Crippen LogP contribution in [0.4, 0.5) is 0 Å². The van der Waals surface area contributed by atoms with Crippen LogP contribution in [0.15, 0.2) is 36.4 Å². The van der Waals surface area contributed by atoms with Crippen LogP contribution >= 0.6 is 11.8 Å². The molecule has 2 aromatic rings. The maximum Gasteiger partial charge on any atom is 0.123 e. The van der Waals surface area contributed by atoms with E-state index in [0.29, 0.717) is 11.7 Å². The zero-order valence-corrected chi connectivity index (χ0v) is 11.2.